The molecule has 0 saturated carbocycles. The molecule has 0 atom stereocenters. The monoisotopic (exact) mass is 392 g/mol. The highest BCUT2D eigenvalue weighted by Gasteiger charge is 1.95. The van der Waals surface area contributed by atoms with Crippen LogP contribution in [0.25, 0.3) is 0 Å². The smallest absolute Gasteiger partial charge is 0.332 e. The Kier molecular flexibility index (Phi) is 26.7. The predicted octanol–water partition coefficient (Wildman–Crippen LogP) is 6.44. The zero-order valence-electron chi connectivity index (χ0n) is 18.8. The van der Waals surface area contributed by atoms with Crippen LogP contribution in [-0.4, -0.2) is 25.7 Å². The van der Waals surface area contributed by atoms with Crippen molar-refractivity contribution in [1.29, 1.82) is 0 Å². The van der Waals surface area contributed by atoms with Crippen LogP contribution in [0.3, 0.4) is 0 Å². The molecule has 28 heavy (non-hydrogen) atoms. The Morgan fingerprint density at radius 3 is 1.68 bits per heavy atom. The van der Waals surface area contributed by atoms with Gasteiger partial charge in [-0.05, 0) is 20.8 Å². The second kappa shape index (κ2) is 24.6. The normalized spacial score (nSPS) is 8.36. The first-order valence-corrected chi connectivity index (χ1v) is 9.85. The number of esters is 2. The van der Waals surface area contributed by atoms with Gasteiger partial charge in [-0.25, -0.2) is 9.59 Å². The Balaban J connectivity index is -0.000000298. The van der Waals surface area contributed by atoms with Crippen molar-refractivity contribution in [2.75, 3.05) is 13.7 Å². The molecule has 0 saturated heterocycles. The molecule has 0 heterocycles. The lowest BCUT2D eigenvalue weighted by molar-refractivity contribution is -0.137. The van der Waals surface area contributed by atoms with E-state index in [0.29, 0.717) is 12.2 Å². The number of unbranched alkanes of at least 4 members (excludes halogenated alkanes) is 4. The molecule has 1 aromatic rings. The van der Waals surface area contributed by atoms with Crippen molar-refractivity contribution in [3.05, 3.63) is 60.7 Å². The Labute approximate surface area is 172 Å². The van der Waals surface area contributed by atoms with E-state index in [-0.39, 0.29) is 11.9 Å². The van der Waals surface area contributed by atoms with Crippen LogP contribution in [-0.2, 0) is 19.1 Å². The van der Waals surface area contributed by atoms with Gasteiger partial charge >= 0.3 is 11.9 Å². The highest BCUT2D eigenvalue weighted by molar-refractivity contribution is 5.86. The molecule has 0 fully saturated rings. The molecule has 0 bridgehead atoms. The number of carbonyl (C=O) groups is 2. The average Bonchev–Trinajstić information content (AvgIpc) is 2.70. The van der Waals surface area contributed by atoms with Crippen LogP contribution in [0.2, 0.25) is 0 Å². The predicted molar refractivity (Wildman–Crippen MR) is 119 cm³/mol. The van der Waals surface area contributed by atoms with E-state index in [1.165, 1.54) is 44.8 Å². The maximum Gasteiger partial charge on any atom is 0.332 e. The Morgan fingerprint density at radius 1 is 1.00 bits per heavy atom. The summed E-state index contributed by atoms with van der Waals surface area (Å²) < 4.78 is 8.71. The van der Waals surface area contributed by atoms with E-state index in [4.69, 9.17) is 0 Å². The van der Waals surface area contributed by atoms with E-state index < -0.39 is 0 Å². The number of rotatable bonds is 7. The fourth-order valence-electron chi connectivity index (χ4n) is 1.59. The summed E-state index contributed by atoms with van der Waals surface area (Å²) in [6, 6.07) is 10.3. The fraction of sp³-hybridized carbons (Fsp3) is 0.500. The molecule has 0 aromatic heterocycles. The molecule has 0 unspecified atom stereocenters. The third-order valence-corrected chi connectivity index (χ3v) is 3.13. The van der Waals surface area contributed by atoms with E-state index in [1.807, 2.05) is 18.2 Å². The minimum absolute atomic E-state index is 0.347. The molecule has 0 aliphatic rings. The molecule has 0 radical (unpaired) electrons. The van der Waals surface area contributed by atoms with Gasteiger partial charge in [-0.1, -0.05) is 95.0 Å². The largest absolute Gasteiger partial charge is 0.466 e. The Morgan fingerprint density at radius 2 is 1.50 bits per heavy atom. The van der Waals surface area contributed by atoms with Gasteiger partial charge in [0.25, 0.3) is 0 Å². The average molecular weight is 393 g/mol. The van der Waals surface area contributed by atoms with E-state index in [0.717, 1.165) is 6.08 Å². The van der Waals surface area contributed by atoms with Crippen molar-refractivity contribution >= 4 is 11.9 Å². The first-order chi connectivity index (χ1) is 13.3. The van der Waals surface area contributed by atoms with Gasteiger partial charge in [0, 0.05) is 11.6 Å². The van der Waals surface area contributed by atoms with Crippen LogP contribution in [0.1, 0.15) is 65.4 Å². The van der Waals surface area contributed by atoms with Crippen LogP contribution in [0.4, 0.5) is 0 Å². The topological polar surface area (TPSA) is 52.6 Å². The number of hydrogen-bond acceptors (Lipinski definition) is 4. The molecule has 160 valence electrons. The number of methoxy groups -OCH3 is 1. The maximum absolute atomic E-state index is 10.2. The van der Waals surface area contributed by atoms with Crippen molar-refractivity contribution in [2.45, 2.75) is 66.7 Å². The van der Waals surface area contributed by atoms with Crippen LogP contribution >= 0.6 is 0 Å². The second-order valence-corrected chi connectivity index (χ2v) is 5.94. The van der Waals surface area contributed by atoms with Crippen LogP contribution in [0.15, 0.2) is 55.1 Å². The lowest BCUT2D eigenvalue weighted by Crippen LogP contribution is -1.98. The lowest BCUT2D eigenvalue weighted by Gasteiger charge is -1.91. The number of ether oxygens (including phenoxy) is 2. The zero-order valence-corrected chi connectivity index (χ0v) is 18.8. The van der Waals surface area contributed by atoms with Gasteiger partial charge in [-0.15, -0.1) is 0 Å². The van der Waals surface area contributed by atoms with E-state index in [9.17, 15) is 9.59 Å². The molecule has 4 heteroatoms. The summed E-state index contributed by atoms with van der Waals surface area (Å²) in [6.45, 7) is 16.9. The molecule has 1 aromatic carbocycles. The quantitative estimate of drug-likeness (QED) is 0.304. The highest BCUT2D eigenvalue weighted by Crippen LogP contribution is 2.00. The highest BCUT2D eigenvalue weighted by atomic mass is 16.5. The van der Waals surface area contributed by atoms with Crippen molar-refractivity contribution in [1.82, 2.24) is 0 Å². The van der Waals surface area contributed by atoms with Crippen molar-refractivity contribution in [2.24, 2.45) is 0 Å². The molecule has 4 nitrogen and oxygen atoms in total. The SMILES string of the molecule is C=C(C)C(=O)OC.C=CC(=O)OCC.CCCCCCC.Cc1ccccc1. The third-order valence-electron chi connectivity index (χ3n) is 3.13. The Bertz CT molecular complexity index is 501. The first kappa shape index (κ1) is 30.4. The summed E-state index contributed by atoms with van der Waals surface area (Å²) >= 11 is 0. The molecule has 0 spiro atoms. The standard InChI is InChI=1S/C7H8.C7H16.2C5H8O2/c1-7-5-3-2-4-6-7;1-3-5-7-6-4-2;1-4(2)5(6)7-3;1-3-5(6)7-4-2/h2-6H,1H3;3-7H2,1-2H3;1H2,2-3H3;3H,1,4H2,2H3. The summed E-state index contributed by atoms with van der Waals surface area (Å²) in [7, 11) is 1.33. The molecule has 0 aliphatic heterocycles. The van der Waals surface area contributed by atoms with Gasteiger partial charge in [0.2, 0.25) is 0 Å². The molecule has 0 N–H and O–H groups in total. The van der Waals surface area contributed by atoms with Crippen LogP contribution in [0.5, 0.6) is 0 Å². The summed E-state index contributed by atoms with van der Waals surface area (Å²) in [5.74, 6) is -0.706. The van der Waals surface area contributed by atoms with Crippen LogP contribution < -0.4 is 0 Å². The second-order valence-electron chi connectivity index (χ2n) is 5.94. The number of carbonyl (C=O) groups excluding carboxylic acids is 2. The first-order valence-electron chi connectivity index (χ1n) is 9.85. The zero-order chi connectivity index (χ0) is 22.2. The molecule has 0 amide bonds. The third kappa shape index (κ3) is 28.4. The van der Waals surface area contributed by atoms with E-state index in [1.54, 1.807) is 13.8 Å². The summed E-state index contributed by atoms with van der Waals surface area (Å²) in [4.78, 5) is 20.3. The summed E-state index contributed by atoms with van der Waals surface area (Å²) in [5.41, 5.74) is 1.75. The molecular weight excluding hydrogens is 352 g/mol. The molecule has 1 rings (SSSR count). The van der Waals surface area contributed by atoms with Gasteiger partial charge < -0.3 is 9.47 Å². The van der Waals surface area contributed by atoms with Gasteiger partial charge in [0.05, 0.1) is 13.7 Å². The van der Waals surface area contributed by atoms with Gasteiger partial charge in [-0.2, -0.15) is 0 Å². The number of hydrogen-bond donors (Lipinski definition) is 0. The maximum atomic E-state index is 10.2. The minimum Gasteiger partial charge on any atom is -0.466 e. The van der Waals surface area contributed by atoms with Gasteiger partial charge in [0.1, 0.15) is 0 Å². The lowest BCUT2D eigenvalue weighted by atomic mass is 10.2. The fourth-order valence-corrected chi connectivity index (χ4v) is 1.59. The summed E-state index contributed by atoms with van der Waals surface area (Å²) in [6.07, 6.45) is 8.15. The number of aryl methyl sites for hydroxylation is 1. The minimum atomic E-state index is -0.359. The number of benzene rings is 1. The molecular formula is C24H40O4. The van der Waals surface area contributed by atoms with Gasteiger partial charge in [-0.3, -0.25) is 0 Å². The van der Waals surface area contributed by atoms with E-state index >= 15 is 0 Å². The summed E-state index contributed by atoms with van der Waals surface area (Å²) in [5, 5.41) is 0. The van der Waals surface area contributed by atoms with Crippen LogP contribution in [0, 0.1) is 6.92 Å². The van der Waals surface area contributed by atoms with E-state index in [2.05, 4.69) is 55.5 Å². The van der Waals surface area contributed by atoms with Crippen molar-refractivity contribution in [3.8, 4) is 0 Å². The molecule has 0 aliphatic carbocycles. The van der Waals surface area contributed by atoms with Crippen molar-refractivity contribution < 1.29 is 19.1 Å². The van der Waals surface area contributed by atoms with Gasteiger partial charge in [0.15, 0.2) is 0 Å². The Hall–Kier alpha value is -2.36. The van der Waals surface area contributed by atoms with Crippen molar-refractivity contribution in [3.63, 3.8) is 0 Å².